The van der Waals surface area contributed by atoms with Crippen LogP contribution in [0.3, 0.4) is 0 Å². The first-order chi connectivity index (χ1) is 7.43. The van der Waals surface area contributed by atoms with Crippen LogP contribution in [0, 0.1) is 5.92 Å². The van der Waals surface area contributed by atoms with Crippen molar-refractivity contribution in [2.24, 2.45) is 11.1 Å². The number of halogens is 3. The van der Waals surface area contributed by atoms with Crippen LogP contribution in [0.4, 0.5) is 13.2 Å². The van der Waals surface area contributed by atoms with Crippen molar-refractivity contribution in [1.29, 1.82) is 0 Å². The number of nitrogens with one attached hydrogen (secondary N) is 1. The number of rotatable bonds is 2. The van der Waals surface area contributed by atoms with Crippen molar-refractivity contribution >= 4 is 16.0 Å². The molecule has 1 aliphatic rings. The number of primary sulfonamides is 1. The molecule has 0 aliphatic carbocycles. The first kappa shape index (κ1) is 16.1. The molecule has 1 aliphatic heterocycles. The van der Waals surface area contributed by atoms with E-state index in [-0.39, 0.29) is 11.7 Å². The molecule has 6 nitrogen and oxygen atoms in total. The number of sulfonamides is 1. The molecule has 10 heteroatoms. The van der Waals surface area contributed by atoms with Gasteiger partial charge in [0.1, 0.15) is 0 Å². The summed E-state index contributed by atoms with van der Waals surface area (Å²) in [5, 5.41) is 15.0. The van der Waals surface area contributed by atoms with Crippen LogP contribution in [-0.4, -0.2) is 44.0 Å². The highest BCUT2D eigenvalue weighted by Crippen LogP contribution is 2.13. The van der Waals surface area contributed by atoms with E-state index in [4.69, 9.17) is 15.0 Å². The van der Waals surface area contributed by atoms with Gasteiger partial charge in [-0.1, -0.05) is 0 Å². The summed E-state index contributed by atoms with van der Waals surface area (Å²) in [5.41, 5.74) is 0. The predicted octanol–water partition coefficient (Wildman–Crippen LogP) is -0.484. The molecule has 1 rings (SSSR count). The standard InChI is InChI=1S/C5H12N2O2S.C2HF3O2/c1-4-5(2-7-4)3-10(6,8)9;3-2(4,5)1(6)7/h4-5,7H,2-3H2,1H3,(H2,6,8,9);(H,6,7)/t4-,5-;/m1./s1. The molecule has 4 N–H and O–H groups in total. The Morgan fingerprint density at radius 3 is 2.00 bits per heavy atom. The van der Waals surface area contributed by atoms with Gasteiger partial charge < -0.3 is 10.4 Å². The summed E-state index contributed by atoms with van der Waals surface area (Å²) in [6.45, 7) is 2.73. The zero-order valence-corrected chi connectivity index (χ0v) is 9.68. The van der Waals surface area contributed by atoms with Crippen LogP contribution in [-0.2, 0) is 14.8 Å². The topological polar surface area (TPSA) is 109 Å². The Labute approximate surface area is 96.0 Å². The highest BCUT2D eigenvalue weighted by Gasteiger charge is 2.38. The van der Waals surface area contributed by atoms with Crippen molar-refractivity contribution in [2.45, 2.75) is 19.1 Å². The molecule has 102 valence electrons. The molecule has 0 spiro atoms. The third-order valence-electron chi connectivity index (χ3n) is 2.10. The van der Waals surface area contributed by atoms with Crippen molar-refractivity contribution in [1.82, 2.24) is 5.32 Å². The SMILES string of the molecule is C[C@H]1NC[C@@H]1CS(N)(=O)=O.O=C(O)C(F)(F)F. The Morgan fingerprint density at radius 1 is 1.53 bits per heavy atom. The van der Waals surface area contributed by atoms with E-state index in [1.807, 2.05) is 6.92 Å². The highest BCUT2D eigenvalue weighted by molar-refractivity contribution is 7.89. The lowest BCUT2D eigenvalue weighted by atomic mass is 9.96. The number of aliphatic carboxylic acids is 1. The Balaban J connectivity index is 0.000000325. The van der Waals surface area contributed by atoms with Gasteiger partial charge in [0.2, 0.25) is 10.0 Å². The van der Waals surface area contributed by atoms with Gasteiger partial charge >= 0.3 is 12.1 Å². The van der Waals surface area contributed by atoms with E-state index >= 15 is 0 Å². The lowest BCUT2D eigenvalue weighted by molar-refractivity contribution is -0.192. The van der Waals surface area contributed by atoms with E-state index in [2.05, 4.69) is 5.32 Å². The summed E-state index contributed by atoms with van der Waals surface area (Å²) < 4.78 is 52.8. The fraction of sp³-hybridized carbons (Fsp3) is 0.857. The number of carboxylic acids is 1. The number of carbonyl (C=O) groups is 1. The van der Waals surface area contributed by atoms with Crippen molar-refractivity contribution in [2.75, 3.05) is 12.3 Å². The lowest BCUT2D eigenvalue weighted by Crippen LogP contribution is -2.54. The van der Waals surface area contributed by atoms with Crippen molar-refractivity contribution in [3.63, 3.8) is 0 Å². The summed E-state index contributed by atoms with van der Waals surface area (Å²) in [6, 6.07) is 0.304. The van der Waals surface area contributed by atoms with Crippen molar-refractivity contribution < 1.29 is 31.5 Å². The van der Waals surface area contributed by atoms with Crippen LogP contribution in [0.25, 0.3) is 0 Å². The molecule has 1 saturated heterocycles. The van der Waals surface area contributed by atoms with Crippen LogP contribution in [0.15, 0.2) is 0 Å². The molecule has 2 atom stereocenters. The summed E-state index contributed by atoms with van der Waals surface area (Å²) in [4.78, 5) is 8.90. The zero-order valence-electron chi connectivity index (χ0n) is 8.86. The maximum Gasteiger partial charge on any atom is 0.490 e. The van der Waals surface area contributed by atoms with Gasteiger partial charge in [0.15, 0.2) is 0 Å². The van der Waals surface area contributed by atoms with E-state index < -0.39 is 22.2 Å². The third-order valence-corrected chi connectivity index (χ3v) is 2.99. The second kappa shape index (κ2) is 5.65. The van der Waals surface area contributed by atoms with E-state index in [0.717, 1.165) is 6.54 Å². The molecule has 0 aromatic rings. The maximum absolute atomic E-state index is 10.6. The minimum absolute atomic E-state index is 0.112. The molecule has 0 saturated carbocycles. The van der Waals surface area contributed by atoms with E-state index in [1.165, 1.54) is 0 Å². The van der Waals surface area contributed by atoms with Crippen LogP contribution >= 0.6 is 0 Å². The van der Waals surface area contributed by atoms with Crippen molar-refractivity contribution in [3.8, 4) is 0 Å². The Bertz CT molecular complexity index is 368. The average Bonchev–Trinajstić information content (AvgIpc) is 2.10. The summed E-state index contributed by atoms with van der Waals surface area (Å²) in [6.07, 6.45) is -5.08. The van der Waals surface area contributed by atoms with E-state index in [1.54, 1.807) is 0 Å². The minimum Gasteiger partial charge on any atom is -0.475 e. The summed E-state index contributed by atoms with van der Waals surface area (Å²) in [5.74, 6) is -2.43. The van der Waals surface area contributed by atoms with Gasteiger partial charge in [0, 0.05) is 18.5 Å². The van der Waals surface area contributed by atoms with Gasteiger partial charge in [-0.3, -0.25) is 0 Å². The van der Waals surface area contributed by atoms with E-state index in [0.29, 0.717) is 6.04 Å². The molecule has 17 heavy (non-hydrogen) atoms. The highest BCUT2D eigenvalue weighted by atomic mass is 32.2. The van der Waals surface area contributed by atoms with E-state index in [9.17, 15) is 21.6 Å². The van der Waals surface area contributed by atoms with Gasteiger partial charge in [-0.25, -0.2) is 18.4 Å². The third kappa shape index (κ3) is 7.13. The first-order valence-electron chi connectivity index (χ1n) is 4.47. The fourth-order valence-corrected chi connectivity index (χ4v) is 2.03. The number of hydrogen-bond acceptors (Lipinski definition) is 4. The first-order valence-corrected chi connectivity index (χ1v) is 6.19. The number of hydrogen-bond donors (Lipinski definition) is 3. The average molecular weight is 278 g/mol. The molecule has 0 radical (unpaired) electrons. The Hall–Kier alpha value is -0.870. The van der Waals surface area contributed by atoms with Crippen LogP contribution in [0.1, 0.15) is 6.92 Å². The minimum atomic E-state index is -5.08. The van der Waals surface area contributed by atoms with Crippen LogP contribution in [0.5, 0.6) is 0 Å². The maximum atomic E-state index is 10.6. The van der Waals surface area contributed by atoms with Gasteiger partial charge in [-0.05, 0) is 6.92 Å². The largest absolute Gasteiger partial charge is 0.490 e. The van der Waals surface area contributed by atoms with Gasteiger partial charge in [-0.15, -0.1) is 0 Å². The Kier molecular flexibility index (Phi) is 5.36. The zero-order chi connectivity index (χ0) is 13.9. The fourth-order valence-electron chi connectivity index (χ4n) is 1.02. The quantitative estimate of drug-likeness (QED) is 0.632. The molecule has 0 amide bonds. The molecule has 1 heterocycles. The molecule has 0 unspecified atom stereocenters. The van der Waals surface area contributed by atoms with Crippen LogP contribution in [0.2, 0.25) is 0 Å². The Morgan fingerprint density at radius 2 is 1.94 bits per heavy atom. The number of alkyl halides is 3. The molecule has 0 bridgehead atoms. The normalized spacial score (nSPS) is 24.3. The predicted molar refractivity (Wildman–Crippen MR) is 52.6 cm³/mol. The smallest absolute Gasteiger partial charge is 0.475 e. The molecule has 0 aromatic heterocycles. The van der Waals surface area contributed by atoms with Crippen LogP contribution < -0.4 is 10.5 Å². The van der Waals surface area contributed by atoms with Gasteiger partial charge in [-0.2, -0.15) is 13.2 Å². The van der Waals surface area contributed by atoms with Crippen molar-refractivity contribution in [3.05, 3.63) is 0 Å². The second-order valence-electron chi connectivity index (χ2n) is 3.59. The number of carboxylic acid groups (broad SMARTS) is 1. The molecule has 1 fully saturated rings. The van der Waals surface area contributed by atoms with Gasteiger partial charge in [0.05, 0.1) is 5.75 Å². The molecule has 0 aromatic carbocycles. The lowest BCUT2D eigenvalue weighted by Gasteiger charge is -2.34. The van der Waals surface area contributed by atoms with Gasteiger partial charge in [0.25, 0.3) is 0 Å². The summed E-state index contributed by atoms with van der Waals surface area (Å²) in [7, 11) is -3.26. The monoisotopic (exact) mass is 278 g/mol. The summed E-state index contributed by atoms with van der Waals surface area (Å²) >= 11 is 0. The molecular weight excluding hydrogens is 265 g/mol. The number of nitrogens with two attached hydrogens (primary N) is 1. The molecular formula is C7H13F3N2O4S. The second-order valence-corrected chi connectivity index (χ2v) is 5.25.